The Morgan fingerprint density at radius 2 is 1.54 bits per heavy atom. The minimum atomic E-state index is -0.605. The summed E-state index contributed by atoms with van der Waals surface area (Å²) in [5.41, 5.74) is 1.49. The van der Waals surface area contributed by atoms with Gasteiger partial charge in [0.2, 0.25) is 0 Å². The lowest BCUT2D eigenvalue weighted by atomic mass is 9.88. The molecule has 2 aromatic carbocycles. The van der Waals surface area contributed by atoms with Gasteiger partial charge >= 0.3 is 5.97 Å². The number of para-hydroxylation sites is 2. The Kier molecular flexibility index (Phi) is 5.26. The Bertz CT molecular complexity index is 770. The van der Waals surface area contributed by atoms with Crippen LogP contribution < -0.4 is 10.1 Å². The van der Waals surface area contributed by atoms with Crippen molar-refractivity contribution in [2.24, 2.45) is 5.92 Å². The molecule has 0 aromatic heterocycles. The highest BCUT2D eigenvalue weighted by Gasteiger charge is 2.33. The van der Waals surface area contributed by atoms with E-state index in [1.54, 1.807) is 0 Å². The second kappa shape index (κ2) is 7.60. The monoisotopic (exact) mass is 353 g/mol. The number of nitrogens with one attached hydrogen (secondary N) is 1. The minimum Gasteiger partial charge on any atom is -0.457 e. The zero-order chi connectivity index (χ0) is 18.7. The van der Waals surface area contributed by atoms with Crippen LogP contribution in [0.4, 0.5) is 0 Å². The topological polar surface area (TPSA) is 64.6 Å². The lowest BCUT2D eigenvalue weighted by Gasteiger charge is -2.26. The number of esters is 1. The van der Waals surface area contributed by atoms with Gasteiger partial charge in [-0.3, -0.25) is 9.59 Å². The van der Waals surface area contributed by atoms with Gasteiger partial charge in [-0.1, -0.05) is 50.2 Å². The van der Waals surface area contributed by atoms with Crippen molar-refractivity contribution in [3.8, 4) is 11.5 Å². The van der Waals surface area contributed by atoms with E-state index in [4.69, 9.17) is 9.47 Å². The molecule has 1 N–H and O–H groups in total. The normalized spacial score (nSPS) is 14.0. The van der Waals surface area contributed by atoms with E-state index in [1.165, 1.54) is 0 Å². The first-order valence-electron chi connectivity index (χ1n) is 8.79. The average Bonchev–Trinajstić information content (AvgIpc) is 2.64. The summed E-state index contributed by atoms with van der Waals surface area (Å²) in [5, 5.41) is 2.84. The molecule has 5 nitrogen and oxygen atoms in total. The largest absolute Gasteiger partial charge is 0.457 e. The van der Waals surface area contributed by atoms with Crippen LogP contribution in [0.25, 0.3) is 0 Å². The van der Waals surface area contributed by atoms with Gasteiger partial charge in [-0.05, 0) is 25.0 Å². The molecule has 0 unspecified atom stereocenters. The van der Waals surface area contributed by atoms with E-state index in [2.05, 4.69) is 5.32 Å². The number of hydrogen-bond donors (Lipinski definition) is 1. The summed E-state index contributed by atoms with van der Waals surface area (Å²) >= 11 is 0. The van der Waals surface area contributed by atoms with Crippen LogP contribution in [0.15, 0.2) is 48.5 Å². The molecular formula is C21H23NO4. The zero-order valence-electron chi connectivity index (χ0n) is 15.2. The van der Waals surface area contributed by atoms with Crippen molar-refractivity contribution in [1.29, 1.82) is 0 Å². The quantitative estimate of drug-likeness (QED) is 0.834. The maximum atomic E-state index is 12.8. The average molecular weight is 353 g/mol. The summed E-state index contributed by atoms with van der Waals surface area (Å²) < 4.78 is 11.2. The lowest BCUT2D eigenvalue weighted by molar-refractivity contribution is -0.149. The number of carbonyl (C=O) groups excluding carboxylic acids is 2. The predicted molar refractivity (Wildman–Crippen MR) is 98.2 cm³/mol. The molecule has 3 rings (SSSR count). The molecule has 0 aliphatic carbocycles. The van der Waals surface area contributed by atoms with Crippen molar-refractivity contribution in [3.63, 3.8) is 0 Å². The SMILES string of the molecule is CC(C)[C@@H](C)NC(=O)COC(=O)C1c2ccccc2Oc2ccccc21. The van der Waals surface area contributed by atoms with E-state index in [0.29, 0.717) is 17.4 Å². The molecule has 1 aliphatic rings. The molecule has 136 valence electrons. The van der Waals surface area contributed by atoms with E-state index in [-0.39, 0.29) is 18.6 Å². The number of amides is 1. The molecule has 1 atom stereocenters. The van der Waals surface area contributed by atoms with Crippen molar-refractivity contribution >= 4 is 11.9 Å². The van der Waals surface area contributed by atoms with Gasteiger partial charge in [-0.15, -0.1) is 0 Å². The van der Waals surface area contributed by atoms with Gasteiger partial charge in [-0.25, -0.2) is 0 Å². The first kappa shape index (κ1) is 18.0. The number of benzene rings is 2. The van der Waals surface area contributed by atoms with Gasteiger partial charge in [0.05, 0.1) is 0 Å². The summed E-state index contributed by atoms with van der Waals surface area (Å²) in [7, 11) is 0. The molecule has 1 amide bonds. The predicted octanol–water partition coefficient (Wildman–Crippen LogP) is 3.63. The van der Waals surface area contributed by atoms with Gasteiger partial charge < -0.3 is 14.8 Å². The Morgan fingerprint density at radius 3 is 2.08 bits per heavy atom. The maximum absolute atomic E-state index is 12.8. The molecule has 26 heavy (non-hydrogen) atoms. The molecular weight excluding hydrogens is 330 g/mol. The van der Waals surface area contributed by atoms with Gasteiger partial charge in [0.15, 0.2) is 6.61 Å². The molecule has 2 aromatic rings. The fourth-order valence-corrected chi connectivity index (χ4v) is 2.85. The second-order valence-electron chi connectivity index (χ2n) is 6.82. The second-order valence-corrected chi connectivity index (χ2v) is 6.82. The minimum absolute atomic E-state index is 0.0192. The van der Waals surface area contributed by atoms with Crippen LogP contribution in [0.2, 0.25) is 0 Å². The van der Waals surface area contributed by atoms with Crippen LogP contribution in [0.1, 0.15) is 37.8 Å². The number of ether oxygens (including phenoxy) is 2. The van der Waals surface area contributed by atoms with Gasteiger partial charge in [0, 0.05) is 17.2 Å². The summed E-state index contributed by atoms with van der Waals surface area (Å²) in [6, 6.07) is 14.8. The first-order valence-corrected chi connectivity index (χ1v) is 8.79. The molecule has 0 fully saturated rings. The van der Waals surface area contributed by atoms with Crippen LogP contribution in [-0.4, -0.2) is 24.5 Å². The van der Waals surface area contributed by atoms with Crippen LogP contribution in [0, 0.1) is 5.92 Å². The summed E-state index contributed by atoms with van der Waals surface area (Å²) in [6.45, 7) is 5.67. The standard InChI is InChI=1S/C21H23NO4/c1-13(2)14(3)22-19(23)12-25-21(24)20-15-8-4-6-10-17(15)26-18-11-7-5-9-16(18)20/h4-11,13-14,20H,12H2,1-3H3,(H,22,23)/t14-/m1/s1. The molecule has 0 bridgehead atoms. The summed E-state index contributed by atoms with van der Waals surface area (Å²) in [4.78, 5) is 24.8. The van der Waals surface area contributed by atoms with Gasteiger partial charge in [-0.2, -0.15) is 0 Å². The van der Waals surface area contributed by atoms with Crippen molar-refractivity contribution in [1.82, 2.24) is 5.32 Å². The summed E-state index contributed by atoms with van der Waals surface area (Å²) in [6.07, 6.45) is 0. The maximum Gasteiger partial charge on any atom is 0.318 e. The molecule has 1 heterocycles. The third-order valence-electron chi connectivity index (χ3n) is 4.65. The Balaban J connectivity index is 1.76. The van der Waals surface area contributed by atoms with Crippen LogP contribution in [0.5, 0.6) is 11.5 Å². The van der Waals surface area contributed by atoms with Crippen molar-refractivity contribution in [2.45, 2.75) is 32.7 Å². The number of fused-ring (bicyclic) bond motifs is 2. The molecule has 0 spiro atoms. The Hall–Kier alpha value is -2.82. The van der Waals surface area contributed by atoms with Crippen molar-refractivity contribution < 1.29 is 19.1 Å². The van der Waals surface area contributed by atoms with E-state index in [1.807, 2.05) is 69.3 Å². The molecule has 5 heteroatoms. The third kappa shape index (κ3) is 3.72. The molecule has 1 aliphatic heterocycles. The van der Waals surface area contributed by atoms with Crippen molar-refractivity contribution in [2.75, 3.05) is 6.61 Å². The zero-order valence-corrected chi connectivity index (χ0v) is 15.2. The van der Waals surface area contributed by atoms with Crippen molar-refractivity contribution in [3.05, 3.63) is 59.7 Å². The van der Waals surface area contributed by atoms with E-state index >= 15 is 0 Å². The third-order valence-corrected chi connectivity index (χ3v) is 4.65. The van der Waals surface area contributed by atoms with E-state index in [0.717, 1.165) is 11.1 Å². The fourth-order valence-electron chi connectivity index (χ4n) is 2.85. The molecule has 0 saturated carbocycles. The van der Waals surface area contributed by atoms with Crippen LogP contribution >= 0.6 is 0 Å². The first-order chi connectivity index (χ1) is 12.5. The highest BCUT2D eigenvalue weighted by Crippen LogP contribution is 2.44. The molecule has 0 radical (unpaired) electrons. The number of rotatable bonds is 5. The van der Waals surface area contributed by atoms with Gasteiger partial charge in [0.1, 0.15) is 17.4 Å². The van der Waals surface area contributed by atoms with Crippen LogP contribution in [0.3, 0.4) is 0 Å². The lowest BCUT2D eigenvalue weighted by Crippen LogP contribution is -2.39. The highest BCUT2D eigenvalue weighted by molar-refractivity contribution is 5.87. The molecule has 0 saturated heterocycles. The van der Waals surface area contributed by atoms with E-state index in [9.17, 15) is 9.59 Å². The van der Waals surface area contributed by atoms with Crippen LogP contribution in [-0.2, 0) is 14.3 Å². The smallest absolute Gasteiger partial charge is 0.318 e. The highest BCUT2D eigenvalue weighted by atomic mass is 16.5. The number of hydrogen-bond acceptors (Lipinski definition) is 4. The Morgan fingerprint density at radius 1 is 1.00 bits per heavy atom. The number of carbonyl (C=O) groups is 2. The summed E-state index contributed by atoms with van der Waals surface area (Å²) in [5.74, 6) is 0.209. The van der Waals surface area contributed by atoms with Gasteiger partial charge in [0.25, 0.3) is 5.91 Å². The Labute approximate surface area is 153 Å². The van der Waals surface area contributed by atoms with E-state index < -0.39 is 11.9 Å². The fraction of sp³-hybridized carbons (Fsp3) is 0.333.